The van der Waals surface area contributed by atoms with Crippen molar-refractivity contribution in [1.29, 1.82) is 0 Å². The first-order valence-electron chi connectivity index (χ1n) is 9.68. The highest BCUT2D eigenvalue weighted by atomic mass is 16.2. The Morgan fingerprint density at radius 2 is 2.00 bits per heavy atom. The van der Waals surface area contributed by atoms with Crippen LogP contribution < -0.4 is 4.90 Å². The molecule has 2 aliphatic rings. The Labute approximate surface area is 149 Å². The van der Waals surface area contributed by atoms with Gasteiger partial charge in [0.2, 0.25) is 5.91 Å². The maximum atomic E-state index is 12.4. The van der Waals surface area contributed by atoms with E-state index in [2.05, 4.69) is 47.1 Å². The van der Waals surface area contributed by atoms with E-state index in [9.17, 15) is 4.79 Å². The van der Waals surface area contributed by atoms with E-state index in [1.165, 1.54) is 16.8 Å². The number of anilines is 1. The zero-order chi connectivity index (χ0) is 17.2. The molecule has 0 N–H and O–H groups in total. The van der Waals surface area contributed by atoms with Crippen molar-refractivity contribution >= 4 is 22.5 Å². The van der Waals surface area contributed by atoms with Crippen LogP contribution in [0.15, 0.2) is 30.3 Å². The van der Waals surface area contributed by atoms with Crippen LogP contribution in [0.3, 0.4) is 0 Å². The number of amides is 1. The van der Waals surface area contributed by atoms with Crippen LogP contribution in [0.5, 0.6) is 0 Å². The molecule has 1 saturated carbocycles. The zero-order valence-corrected chi connectivity index (χ0v) is 15.1. The number of benzene rings is 1. The second-order valence-corrected chi connectivity index (χ2v) is 7.34. The van der Waals surface area contributed by atoms with E-state index in [1.807, 2.05) is 0 Å². The Morgan fingerprint density at radius 3 is 2.80 bits per heavy atom. The lowest BCUT2D eigenvalue weighted by molar-refractivity contribution is -0.132. The molecule has 0 unspecified atom stereocenters. The van der Waals surface area contributed by atoms with E-state index in [4.69, 9.17) is 4.98 Å². The summed E-state index contributed by atoms with van der Waals surface area (Å²) in [5, 5.41) is 1.23. The van der Waals surface area contributed by atoms with Crippen molar-refractivity contribution in [2.24, 2.45) is 5.92 Å². The second-order valence-electron chi connectivity index (χ2n) is 7.34. The summed E-state index contributed by atoms with van der Waals surface area (Å²) in [6.07, 6.45) is 5.34. The number of hydrogen-bond acceptors (Lipinski definition) is 3. The molecule has 2 fully saturated rings. The molecule has 1 amide bonds. The predicted octanol–water partition coefficient (Wildman–Crippen LogP) is 3.64. The molecule has 1 aromatic heterocycles. The van der Waals surface area contributed by atoms with Crippen molar-refractivity contribution in [3.05, 3.63) is 36.0 Å². The van der Waals surface area contributed by atoms with Gasteiger partial charge in [0.25, 0.3) is 0 Å². The van der Waals surface area contributed by atoms with E-state index < -0.39 is 0 Å². The fraction of sp³-hybridized carbons (Fsp3) is 0.524. The fourth-order valence-corrected chi connectivity index (χ4v) is 3.82. The number of fused-ring (bicyclic) bond motifs is 1. The van der Waals surface area contributed by atoms with Gasteiger partial charge in [-0.1, -0.05) is 31.5 Å². The predicted molar refractivity (Wildman–Crippen MR) is 102 cm³/mol. The van der Waals surface area contributed by atoms with Gasteiger partial charge in [-0.15, -0.1) is 0 Å². The Balaban J connectivity index is 1.60. The molecule has 1 aliphatic heterocycles. The summed E-state index contributed by atoms with van der Waals surface area (Å²) in [6, 6.07) is 10.7. The molecule has 1 aromatic carbocycles. The van der Waals surface area contributed by atoms with Crippen LogP contribution in [0.2, 0.25) is 0 Å². The highest BCUT2D eigenvalue weighted by molar-refractivity contribution is 5.92. The third kappa shape index (κ3) is 3.48. The lowest BCUT2D eigenvalue weighted by Crippen LogP contribution is -2.36. The second kappa shape index (κ2) is 7.03. The lowest BCUT2D eigenvalue weighted by Gasteiger charge is -2.25. The molecule has 0 atom stereocenters. The van der Waals surface area contributed by atoms with Crippen molar-refractivity contribution in [1.82, 2.24) is 9.88 Å². The fourth-order valence-electron chi connectivity index (χ4n) is 3.82. The average Bonchev–Trinajstić information content (AvgIpc) is 3.47. The Morgan fingerprint density at radius 1 is 1.16 bits per heavy atom. The molecular formula is C21H27N3O. The first kappa shape index (κ1) is 16.4. The van der Waals surface area contributed by atoms with Crippen LogP contribution in [0, 0.1) is 5.92 Å². The van der Waals surface area contributed by atoms with Crippen LogP contribution in [0.4, 0.5) is 5.69 Å². The first-order chi connectivity index (χ1) is 12.3. The molecule has 4 nitrogen and oxygen atoms in total. The van der Waals surface area contributed by atoms with Crippen LogP contribution >= 0.6 is 0 Å². The lowest BCUT2D eigenvalue weighted by atomic mass is 10.1. The number of para-hydroxylation sites is 1. The molecule has 4 heteroatoms. The van der Waals surface area contributed by atoms with Gasteiger partial charge in [0.05, 0.1) is 5.52 Å². The van der Waals surface area contributed by atoms with Gasteiger partial charge in [-0.3, -0.25) is 9.78 Å². The number of pyridine rings is 1. The average molecular weight is 337 g/mol. The van der Waals surface area contributed by atoms with E-state index in [0.29, 0.717) is 11.8 Å². The van der Waals surface area contributed by atoms with Gasteiger partial charge in [-0.05, 0) is 37.8 Å². The number of carbonyl (C=O) groups excluding carboxylic acids is 1. The summed E-state index contributed by atoms with van der Waals surface area (Å²) < 4.78 is 0. The van der Waals surface area contributed by atoms with Gasteiger partial charge < -0.3 is 9.80 Å². The third-order valence-electron chi connectivity index (χ3n) is 5.33. The van der Waals surface area contributed by atoms with Crippen molar-refractivity contribution < 1.29 is 4.79 Å². The minimum absolute atomic E-state index is 0.324. The number of hydrogen-bond donors (Lipinski definition) is 0. The highest BCUT2D eigenvalue weighted by Gasteiger charge is 2.34. The van der Waals surface area contributed by atoms with Gasteiger partial charge in [-0.2, -0.15) is 0 Å². The Kier molecular flexibility index (Phi) is 4.60. The summed E-state index contributed by atoms with van der Waals surface area (Å²) in [6.45, 7) is 5.86. The number of carbonyl (C=O) groups is 1. The number of aryl methyl sites for hydroxylation is 1. The van der Waals surface area contributed by atoms with Gasteiger partial charge >= 0.3 is 0 Å². The molecule has 0 radical (unpaired) electrons. The van der Waals surface area contributed by atoms with Crippen LogP contribution in [-0.2, 0) is 11.2 Å². The van der Waals surface area contributed by atoms with Crippen LogP contribution in [0.25, 0.3) is 10.9 Å². The molecule has 132 valence electrons. The van der Waals surface area contributed by atoms with Crippen LogP contribution in [-0.4, -0.2) is 42.0 Å². The number of rotatable bonds is 4. The van der Waals surface area contributed by atoms with E-state index >= 15 is 0 Å². The van der Waals surface area contributed by atoms with Gasteiger partial charge in [0, 0.05) is 48.9 Å². The van der Waals surface area contributed by atoms with Crippen molar-refractivity contribution in [3.63, 3.8) is 0 Å². The van der Waals surface area contributed by atoms with E-state index in [-0.39, 0.29) is 0 Å². The minimum atomic E-state index is 0.324. The number of aromatic nitrogens is 1. The summed E-state index contributed by atoms with van der Waals surface area (Å²) in [5.74, 6) is 0.706. The van der Waals surface area contributed by atoms with Gasteiger partial charge in [0.1, 0.15) is 0 Å². The molecule has 4 rings (SSSR count). The maximum absolute atomic E-state index is 12.4. The van der Waals surface area contributed by atoms with Crippen molar-refractivity contribution in [2.45, 2.75) is 39.0 Å². The molecule has 1 saturated heterocycles. The highest BCUT2D eigenvalue weighted by Crippen LogP contribution is 2.32. The van der Waals surface area contributed by atoms with Gasteiger partial charge in [-0.25, -0.2) is 0 Å². The minimum Gasteiger partial charge on any atom is -0.369 e. The van der Waals surface area contributed by atoms with E-state index in [0.717, 1.165) is 63.8 Å². The van der Waals surface area contributed by atoms with Gasteiger partial charge in [0.15, 0.2) is 0 Å². The summed E-state index contributed by atoms with van der Waals surface area (Å²) >= 11 is 0. The molecule has 2 heterocycles. The quantitative estimate of drug-likeness (QED) is 0.855. The summed E-state index contributed by atoms with van der Waals surface area (Å²) in [5.41, 5.74) is 3.54. The van der Waals surface area contributed by atoms with Crippen LogP contribution in [0.1, 0.15) is 38.3 Å². The molecule has 25 heavy (non-hydrogen) atoms. The number of nitrogens with zero attached hydrogens (tertiary/aromatic N) is 3. The molecular weight excluding hydrogens is 310 g/mol. The molecule has 1 aliphatic carbocycles. The zero-order valence-electron chi connectivity index (χ0n) is 15.1. The Hall–Kier alpha value is -2.10. The summed E-state index contributed by atoms with van der Waals surface area (Å²) in [4.78, 5) is 21.8. The monoisotopic (exact) mass is 337 g/mol. The molecule has 0 spiro atoms. The smallest absolute Gasteiger partial charge is 0.225 e. The van der Waals surface area contributed by atoms with Crippen molar-refractivity contribution in [2.75, 3.05) is 31.1 Å². The Bertz CT molecular complexity index is 769. The first-order valence-corrected chi connectivity index (χ1v) is 9.68. The molecule has 2 aromatic rings. The molecule has 0 bridgehead atoms. The van der Waals surface area contributed by atoms with Crippen molar-refractivity contribution in [3.8, 4) is 0 Å². The third-order valence-corrected chi connectivity index (χ3v) is 5.33. The van der Waals surface area contributed by atoms with E-state index in [1.54, 1.807) is 0 Å². The standard InChI is InChI=1S/C21H27N3O/c1-2-6-17-15-20(18-7-3-4-8-19(18)22-17)23-11-5-12-24(14-13-23)21(25)16-9-10-16/h3-4,7-8,15-16H,2,5-6,9-14H2,1H3. The largest absolute Gasteiger partial charge is 0.369 e. The topological polar surface area (TPSA) is 36.4 Å². The normalized spacial score (nSPS) is 18.4. The maximum Gasteiger partial charge on any atom is 0.225 e. The SMILES string of the molecule is CCCc1cc(N2CCCN(C(=O)C3CC3)CC2)c2ccccc2n1. The summed E-state index contributed by atoms with van der Waals surface area (Å²) in [7, 11) is 0.